The van der Waals surface area contributed by atoms with Crippen LogP contribution in [0.15, 0.2) is 0 Å². The predicted octanol–water partition coefficient (Wildman–Crippen LogP) is 7.47. The Morgan fingerprint density at radius 1 is 0.550 bits per heavy atom. The van der Waals surface area contributed by atoms with Crippen LogP contribution < -0.4 is 0 Å². The van der Waals surface area contributed by atoms with Gasteiger partial charge in [-0.1, -0.05) is 122 Å². The first kappa shape index (κ1) is 18.1. The Bertz CT molecular complexity index is 168. The van der Waals surface area contributed by atoms with E-state index in [0.29, 0.717) is 0 Å². The van der Waals surface area contributed by atoms with Crippen molar-refractivity contribution in [1.82, 2.24) is 0 Å². The van der Waals surface area contributed by atoms with E-state index in [0.717, 1.165) is 12.3 Å². The standard InChI is InChI=1S/C20H39/c1-2-3-17-20-18-15-13-11-9-7-5-4-6-8-10-12-14-16-19-20/h20H,1-19H2. The topological polar surface area (TPSA) is 0 Å². The SMILES string of the molecule is [CH2]CCCC1CCCCCCCCCCCCCCC1. The number of hydrogen-bond donors (Lipinski definition) is 0. The molecule has 1 rings (SSSR count). The van der Waals surface area contributed by atoms with Gasteiger partial charge in [-0.05, 0) is 5.92 Å². The third-order valence-electron chi connectivity index (χ3n) is 5.09. The van der Waals surface area contributed by atoms with E-state index in [9.17, 15) is 0 Å². The molecule has 1 saturated carbocycles. The average Bonchev–Trinajstić information content (AvgIpc) is 2.46. The fourth-order valence-electron chi connectivity index (χ4n) is 3.68. The zero-order valence-electron chi connectivity index (χ0n) is 14.0. The van der Waals surface area contributed by atoms with Crippen LogP contribution in [-0.2, 0) is 0 Å². The molecular formula is C20H39. The molecule has 1 radical (unpaired) electrons. The van der Waals surface area contributed by atoms with Gasteiger partial charge in [-0.2, -0.15) is 0 Å². The van der Waals surface area contributed by atoms with Crippen LogP contribution in [-0.4, -0.2) is 0 Å². The molecule has 20 heavy (non-hydrogen) atoms. The van der Waals surface area contributed by atoms with E-state index in [2.05, 4.69) is 6.92 Å². The first-order chi connectivity index (χ1) is 9.93. The highest BCUT2D eigenvalue weighted by molar-refractivity contribution is 4.62. The molecule has 0 nitrogen and oxygen atoms in total. The fraction of sp³-hybridized carbons (Fsp3) is 0.950. The second kappa shape index (κ2) is 14.0. The Morgan fingerprint density at radius 3 is 1.25 bits per heavy atom. The van der Waals surface area contributed by atoms with Crippen molar-refractivity contribution in [2.24, 2.45) is 5.92 Å². The normalized spacial score (nSPS) is 22.6. The van der Waals surface area contributed by atoms with Gasteiger partial charge in [-0.15, -0.1) is 0 Å². The van der Waals surface area contributed by atoms with Gasteiger partial charge in [-0.3, -0.25) is 0 Å². The summed E-state index contributed by atoms with van der Waals surface area (Å²) >= 11 is 0. The highest BCUT2D eigenvalue weighted by atomic mass is 14.1. The van der Waals surface area contributed by atoms with Gasteiger partial charge in [0, 0.05) is 0 Å². The third kappa shape index (κ3) is 10.7. The van der Waals surface area contributed by atoms with Gasteiger partial charge in [0.15, 0.2) is 0 Å². The maximum Gasteiger partial charge on any atom is -0.0414 e. The molecule has 0 atom stereocenters. The molecule has 0 aromatic rings. The zero-order valence-corrected chi connectivity index (χ0v) is 14.0. The van der Waals surface area contributed by atoms with Gasteiger partial charge in [-0.25, -0.2) is 0 Å². The predicted molar refractivity (Wildman–Crippen MR) is 92.0 cm³/mol. The van der Waals surface area contributed by atoms with Gasteiger partial charge in [0.05, 0.1) is 0 Å². The van der Waals surface area contributed by atoms with Crippen LogP contribution in [0.2, 0.25) is 0 Å². The number of unbranched alkanes of at least 4 members (excludes halogenated alkanes) is 1. The average molecular weight is 280 g/mol. The summed E-state index contributed by atoms with van der Waals surface area (Å²) < 4.78 is 0. The third-order valence-corrected chi connectivity index (χ3v) is 5.09. The number of hydrogen-bond acceptors (Lipinski definition) is 0. The molecule has 1 aliphatic rings. The summed E-state index contributed by atoms with van der Waals surface area (Å²) in [5, 5.41) is 0. The lowest BCUT2D eigenvalue weighted by atomic mass is 9.90. The molecule has 0 bridgehead atoms. The summed E-state index contributed by atoms with van der Waals surface area (Å²) in [7, 11) is 0. The van der Waals surface area contributed by atoms with Crippen molar-refractivity contribution in [2.75, 3.05) is 0 Å². The maximum absolute atomic E-state index is 4.02. The Balaban J connectivity index is 2.20. The minimum atomic E-state index is 1.02. The van der Waals surface area contributed by atoms with Gasteiger partial charge < -0.3 is 0 Å². The summed E-state index contributed by atoms with van der Waals surface area (Å²) in [6.07, 6.45) is 26.3. The van der Waals surface area contributed by atoms with Crippen LogP contribution in [0, 0.1) is 12.8 Å². The molecule has 0 aromatic carbocycles. The minimum absolute atomic E-state index is 1.02. The number of rotatable bonds is 3. The summed E-state index contributed by atoms with van der Waals surface area (Å²) in [5.41, 5.74) is 0. The molecule has 1 fully saturated rings. The second-order valence-corrected chi connectivity index (χ2v) is 7.04. The Kier molecular flexibility index (Phi) is 12.6. The van der Waals surface area contributed by atoms with Crippen molar-refractivity contribution in [3.63, 3.8) is 0 Å². The molecular weight excluding hydrogens is 240 g/mol. The Morgan fingerprint density at radius 2 is 0.900 bits per heavy atom. The van der Waals surface area contributed by atoms with E-state index >= 15 is 0 Å². The van der Waals surface area contributed by atoms with Gasteiger partial charge in [0.1, 0.15) is 0 Å². The quantitative estimate of drug-likeness (QED) is 0.502. The monoisotopic (exact) mass is 279 g/mol. The van der Waals surface area contributed by atoms with Gasteiger partial charge >= 0.3 is 0 Å². The summed E-state index contributed by atoms with van der Waals surface area (Å²) in [4.78, 5) is 0. The van der Waals surface area contributed by atoms with Crippen LogP contribution in [0.4, 0.5) is 0 Å². The van der Waals surface area contributed by atoms with Crippen molar-refractivity contribution in [3.05, 3.63) is 6.92 Å². The molecule has 1 aliphatic carbocycles. The van der Waals surface area contributed by atoms with E-state index in [1.807, 2.05) is 0 Å². The first-order valence-corrected chi connectivity index (χ1v) is 9.72. The molecule has 0 saturated heterocycles. The van der Waals surface area contributed by atoms with Crippen molar-refractivity contribution < 1.29 is 0 Å². The lowest BCUT2D eigenvalue weighted by molar-refractivity contribution is 0.371. The van der Waals surface area contributed by atoms with Crippen LogP contribution in [0.5, 0.6) is 0 Å². The Hall–Kier alpha value is 0. The minimum Gasteiger partial charge on any atom is -0.0533 e. The molecule has 0 heterocycles. The summed E-state index contributed by atoms with van der Waals surface area (Å²) in [6.45, 7) is 4.02. The second-order valence-electron chi connectivity index (χ2n) is 7.04. The Labute approximate surface area is 129 Å². The maximum atomic E-state index is 4.02. The molecule has 119 valence electrons. The smallest absolute Gasteiger partial charge is 0.0414 e. The van der Waals surface area contributed by atoms with E-state index in [1.165, 1.54) is 109 Å². The van der Waals surface area contributed by atoms with Crippen molar-refractivity contribution >= 4 is 0 Å². The van der Waals surface area contributed by atoms with E-state index in [-0.39, 0.29) is 0 Å². The fourth-order valence-corrected chi connectivity index (χ4v) is 3.68. The molecule has 0 aromatic heterocycles. The van der Waals surface area contributed by atoms with E-state index in [4.69, 9.17) is 0 Å². The molecule has 0 spiro atoms. The molecule has 0 heteroatoms. The van der Waals surface area contributed by atoms with Crippen LogP contribution in [0.3, 0.4) is 0 Å². The summed E-state index contributed by atoms with van der Waals surface area (Å²) in [6, 6.07) is 0. The molecule has 0 amide bonds. The molecule has 0 aliphatic heterocycles. The molecule has 0 unspecified atom stereocenters. The van der Waals surface area contributed by atoms with E-state index < -0.39 is 0 Å². The van der Waals surface area contributed by atoms with Crippen LogP contribution >= 0.6 is 0 Å². The van der Waals surface area contributed by atoms with Crippen molar-refractivity contribution in [2.45, 2.75) is 116 Å². The van der Waals surface area contributed by atoms with Crippen molar-refractivity contribution in [1.29, 1.82) is 0 Å². The highest BCUT2D eigenvalue weighted by Crippen LogP contribution is 2.24. The van der Waals surface area contributed by atoms with Crippen molar-refractivity contribution in [3.8, 4) is 0 Å². The first-order valence-electron chi connectivity index (χ1n) is 9.72. The zero-order chi connectivity index (χ0) is 14.3. The summed E-state index contributed by atoms with van der Waals surface area (Å²) in [5.74, 6) is 1.02. The van der Waals surface area contributed by atoms with Crippen LogP contribution in [0.1, 0.15) is 116 Å². The van der Waals surface area contributed by atoms with Gasteiger partial charge in [0.25, 0.3) is 0 Å². The lowest BCUT2D eigenvalue weighted by Crippen LogP contribution is -2.01. The van der Waals surface area contributed by atoms with Crippen LogP contribution in [0.25, 0.3) is 0 Å². The van der Waals surface area contributed by atoms with E-state index in [1.54, 1.807) is 0 Å². The molecule has 0 N–H and O–H groups in total. The largest absolute Gasteiger partial charge is 0.0533 e. The highest BCUT2D eigenvalue weighted by Gasteiger charge is 2.08. The lowest BCUT2D eigenvalue weighted by Gasteiger charge is -2.16. The van der Waals surface area contributed by atoms with Gasteiger partial charge in [0.2, 0.25) is 0 Å².